The maximum atomic E-state index is 14.5. The Morgan fingerprint density at radius 3 is 2.43 bits per heavy atom. The number of H-pyrrole nitrogens is 1. The van der Waals surface area contributed by atoms with Crippen molar-refractivity contribution >= 4 is 56.0 Å². The number of rotatable bonds is 5. The number of hydrogen-bond donors (Lipinski definition) is 1. The zero-order chi connectivity index (χ0) is 34.2. The highest BCUT2D eigenvalue weighted by atomic mass is 35.5. The van der Waals surface area contributed by atoms with Crippen molar-refractivity contribution in [3.8, 4) is 11.8 Å². The topological polar surface area (TPSA) is 157 Å². The number of imidazole rings is 4. The van der Waals surface area contributed by atoms with Gasteiger partial charge in [-0.1, -0.05) is 23.7 Å². The Bertz CT molecular complexity index is 2750. The highest BCUT2D eigenvalue weighted by molar-refractivity contribution is 6.31. The maximum Gasteiger partial charge on any atom is 0.332 e. The lowest BCUT2D eigenvalue weighted by molar-refractivity contribution is -0.0506. The van der Waals surface area contributed by atoms with Gasteiger partial charge >= 0.3 is 11.4 Å². The highest BCUT2D eigenvalue weighted by Crippen LogP contribution is 2.35. The first kappa shape index (κ1) is 30.2. The van der Waals surface area contributed by atoms with Crippen molar-refractivity contribution in [1.82, 2.24) is 52.7 Å². The van der Waals surface area contributed by atoms with Gasteiger partial charge in [0.2, 0.25) is 5.95 Å². The largest absolute Gasteiger partial charge is 0.381 e. The van der Waals surface area contributed by atoms with Gasteiger partial charge in [0.25, 0.3) is 0 Å². The van der Waals surface area contributed by atoms with E-state index in [2.05, 4.69) is 19.9 Å². The van der Waals surface area contributed by atoms with Crippen molar-refractivity contribution in [1.29, 1.82) is 0 Å². The second-order valence-corrected chi connectivity index (χ2v) is 13.4. The van der Waals surface area contributed by atoms with Crippen LogP contribution in [0.4, 0.5) is 0 Å². The fourth-order valence-corrected chi connectivity index (χ4v) is 7.77. The minimum atomic E-state index is -0.653. The van der Waals surface area contributed by atoms with Crippen molar-refractivity contribution < 1.29 is 9.47 Å². The Morgan fingerprint density at radius 1 is 0.745 bits per heavy atom. The predicted octanol–water partition coefficient (Wildman–Crippen LogP) is 4.86. The third kappa shape index (κ3) is 4.83. The van der Waals surface area contributed by atoms with E-state index in [0.717, 1.165) is 22.1 Å². The Hall–Kier alpha value is -5.64. The molecule has 0 aliphatic carbocycles. The van der Waals surface area contributed by atoms with Crippen LogP contribution in [0, 0.1) is 0 Å². The Morgan fingerprint density at radius 2 is 1.55 bits per heavy atom. The van der Waals surface area contributed by atoms with Crippen molar-refractivity contribution in [2.45, 2.75) is 44.0 Å². The second-order valence-electron chi connectivity index (χ2n) is 12.9. The lowest BCUT2D eigenvalue weighted by atomic mass is 10.1. The average Bonchev–Trinajstić information content (AvgIpc) is 3.92. The van der Waals surface area contributed by atoms with Crippen LogP contribution in [0.2, 0.25) is 5.02 Å². The summed E-state index contributed by atoms with van der Waals surface area (Å²) in [6.45, 7) is 1.46. The van der Waals surface area contributed by atoms with Gasteiger partial charge in [-0.15, -0.1) is 0 Å². The van der Waals surface area contributed by atoms with Gasteiger partial charge in [0, 0.05) is 36.7 Å². The first-order chi connectivity index (χ1) is 25.0. The van der Waals surface area contributed by atoms with Gasteiger partial charge < -0.3 is 14.5 Å². The number of aromatic nitrogens is 11. The number of benzene rings is 2. The molecule has 2 fully saturated rings. The fourth-order valence-electron chi connectivity index (χ4n) is 7.61. The monoisotopic (exact) mass is 703 g/mol. The normalized spacial score (nSPS) is 18.8. The third-order valence-corrected chi connectivity index (χ3v) is 10.3. The van der Waals surface area contributed by atoms with Crippen LogP contribution in [-0.4, -0.2) is 72.6 Å². The standard InChI is InChI=1S/C35H30ClN11O4/c36-20-5-6-24-28(15-20)44(19-39-24)33-37-17-25-31(42-33)45(34(48)40-25)22-11-14-51-30(16-22)47-27-7-8-29(43-18-38-23-3-1-2-4-26(23)43)41-32(27)46(35(47)49)21-9-12-50-13-10-21/h1-8,15,17-19,21-22,30H,9-14,16H2,(H,40,48). The summed E-state index contributed by atoms with van der Waals surface area (Å²) in [4.78, 5) is 54.4. The van der Waals surface area contributed by atoms with E-state index < -0.39 is 6.23 Å². The van der Waals surface area contributed by atoms with Crippen LogP contribution < -0.4 is 11.4 Å². The number of nitrogens with zero attached hydrogens (tertiary/aromatic N) is 10. The summed E-state index contributed by atoms with van der Waals surface area (Å²) in [5, 5.41) is 0.562. The molecule has 2 atom stereocenters. The molecule has 8 aromatic rings. The molecule has 2 aliphatic rings. The van der Waals surface area contributed by atoms with Gasteiger partial charge in [0.05, 0.1) is 40.4 Å². The van der Waals surface area contributed by atoms with Crippen LogP contribution in [0.3, 0.4) is 0 Å². The van der Waals surface area contributed by atoms with E-state index in [1.54, 1.807) is 49.3 Å². The van der Waals surface area contributed by atoms with Crippen LogP contribution in [0.5, 0.6) is 0 Å². The van der Waals surface area contributed by atoms with Gasteiger partial charge in [0.1, 0.15) is 30.2 Å². The highest BCUT2D eigenvalue weighted by Gasteiger charge is 2.33. The smallest absolute Gasteiger partial charge is 0.332 e. The SMILES string of the molecule is O=c1[nH]c2cnc(-n3cnc4ccc(Cl)cc43)nc2n1C1CCOC(n2c(=O)n(C3CCOCC3)c3nc(-n4cnc5ccccc54)ccc32)C1. The number of pyridine rings is 1. The summed E-state index contributed by atoms with van der Waals surface area (Å²) < 4.78 is 20.8. The molecule has 51 heavy (non-hydrogen) atoms. The van der Waals surface area contributed by atoms with Crippen molar-refractivity contribution in [2.75, 3.05) is 19.8 Å². The van der Waals surface area contributed by atoms with Crippen LogP contribution in [0.25, 0.3) is 56.2 Å². The minimum absolute atomic E-state index is 0.0860. The summed E-state index contributed by atoms with van der Waals surface area (Å²) >= 11 is 6.29. The van der Waals surface area contributed by atoms with Gasteiger partial charge in [-0.05, 0) is 61.7 Å². The Labute approximate surface area is 292 Å². The number of halogens is 1. The van der Waals surface area contributed by atoms with E-state index >= 15 is 0 Å². The van der Waals surface area contributed by atoms with Gasteiger partial charge in [0.15, 0.2) is 11.3 Å². The molecule has 0 bridgehead atoms. The van der Waals surface area contributed by atoms with Gasteiger partial charge in [-0.3, -0.25) is 22.8 Å². The van der Waals surface area contributed by atoms with Crippen molar-refractivity contribution in [3.05, 3.63) is 99.4 Å². The summed E-state index contributed by atoms with van der Waals surface area (Å²) in [5.41, 5.74) is 4.94. The molecule has 2 unspecified atom stereocenters. The molecule has 0 spiro atoms. The van der Waals surface area contributed by atoms with E-state index in [-0.39, 0.29) is 23.5 Å². The van der Waals surface area contributed by atoms with E-state index in [0.29, 0.717) is 84.6 Å². The van der Waals surface area contributed by atoms with Crippen molar-refractivity contribution in [2.24, 2.45) is 0 Å². The lowest BCUT2D eigenvalue weighted by Gasteiger charge is -2.30. The molecule has 0 amide bonds. The summed E-state index contributed by atoms with van der Waals surface area (Å²) in [5.74, 6) is 1.01. The molecule has 15 nitrogen and oxygen atoms in total. The molecule has 2 saturated heterocycles. The van der Waals surface area contributed by atoms with Crippen LogP contribution in [0.15, 0.2) is 83.0 Å². The number of nitrogens with one attached hydrogen (secondary N) is 1. The first-order valence-corrected chi connectivity index (χ1v) is 17.2. The van der Waals surface area contributed by atoms with E-state index in [9.17, 15) is 9.59 Å². The van der Waals surface area contributed by atoms with E-state index in [1.807, 2.05) is 47.0 Å². The molecular weight excluding hydrogens is 674 g/mol. The lowest BCUT2D eigenvalue weighted by Crippen LogP contribution is -2.37. The molecule has 10 rings (SSSR count). The summed E-state index contributed by atoms with van der Waals surface area (Å²) in [6, 6.07) is 16.7. The van der Waals surface area contributed by atoms with Crippen molar-refractivity contribution in [3.63, 3.8) is 0 Å². The predicted molar refractivity (Wildman–Crippen MR) is 189 cm³/mol. The summed E-state index contributed by atoms with van der Waals surface area (Å²) in [7, 11) is 0. The average molecular weight is 704 g/mol. The van der Waals surface area contributed by atoms with E-state index in [4.69, 9.17) is 31.0 Å². The number of aromatic amines is 1. The molecule has 2 aromatic carbocycles. The zero-order valence-corrected chi connectivity index (χ0v) is 27.8. The Balaban J connectivity index is 1.06. The molecule has 0 saturated carbocycles. The first-order valence-electron chi connectivity index (χ1n) is 16.9. The number of hydrogen-bond acceptors (Lipinski definition) is 9. The molecule has 16 heteroatoms. The molecular formula is C35H30ClN11O4. The quantitative estimate of drug-likeness (QED) is 0.264. The van der Waals surface area contributed by atoms with Gasteiger partial charge in [-0.25, -0.2) is 29.5 Å². The van der Waals surface area contributed by atoms with Crippen LogP contribution in [-0.2, 0) is 9.47 Å². The maximum absolute atomic E-state index is 14.5. The third-order valence-electron chi connectivity index (χ3n) is 10.1. The minimum Gasteiger partial charge on any atom is -0.381 e. The number of para-hydroxylation sites is 2. The fraction of sp³-hybridized carbons (Fsp3) is 0.286. The van der Waals surface area contributed by atoms with Crippen LogP contribution in [0.1, 0.15) is 44.0 Å². The zero-order valence-electron chi connectivity index (χ0n) is 27.1. The molecule has 0 radical (unpaired) electrons. The second kappa shape index (κ2) is 11.7. The number of ether oxygens (including phenoxy) is 2. The molecule has 2 aliphatic heterocycles. The Kier molecular flexibility index (Phi) is 6.94. The molecule has 8 heterocycles. The molecule has 256 valence electrons. The molecule has 6 aromatic heterocycles. The van der Waals surface area contributed by atoms with Gasteiger partial charge in [-0.2, -0.15) is 4.98 Å². The van der Waals surface area contributed by atoms with E-state index in [1.165, 1.54) is 0 Å². The van der Waals surface area contributed by atoms with Crippen LogP contribution >= 0.6 is 11.6 Å². The summed E-state index contributed by atoms with van der Waals surface area (Å²) in [6.07, 6.45) is 6.63. The molecule has 1 N–H and O–H groups in total. The number of fused-ring (bicyclic) bond motifs is 4.